The number of nitrogens with zero attached hydrogens (tertiary/aromatic N) is 1. The number of hydrogen-bond donors (Lipinski definition) is 1. The molecule has 1 aliphatic heterocycles. The van der Waals surface area contributed by atoms with E-state index in [4.69, 9.17) is 0 Å². The Labute approximate surface area is 157 Å². The van der Waals surface area contributed by atoms with Crippen molar-refractivity contribution in [1.29, 1.82) is 0 Å². The van der Waals surface area contributed by atoms with E-state index in [2.05, 4.69) is 5.32 Å². The standard InChI is InChI=1S/C22H21FN2O2/c23-17-6-4-16(5-7-17)22(10-11-22)21(27)24-18-8-3-14-9-12-25(19(14)13-18)20(26)15-1-2-15/h3-8,13,15H,1-2,9-12H2,(H,24,27). The smallest absolute Gasteiger partial charge is 0.235 e. The second-order valence-corrected chi connectivity index (χ2v) is 7.90. The van der Waals surface area contributed by atoms with Crippen molar-refractivity contribution < 1.29 is 14.0 Å². The molecule has 0 atom stereocenters. The lowest BCUT2D eigenvalue weighted by atomic mass is 9.95. The molecule has 138 valence electrons. The topological polar surface area (TPSA) is 49.4 Å². The quantitative estimate of drug-likeness (QED) is 0.897. The van der Waals surface area contributed by atoms with E-state index in [1.54, 1.807) is 12.1 Å². The zero-order chi connectivity index (χ0) is 18.6. The summed E-state index contributed by atoms with van der Waals surface area (Å²) >= 11 is 0. The number of benzene rings is 2. The average Bonchev–Trinajstić information content (AvgIpc) is 3.58. The summed E-state index contributed by atoms with van der Waals surface area (Å²) in [6.45, 7) is 0.724. The monoisotopic (exact) mass is 364 g/mol. The highest BCUT2D eigenvalue weighted by atomic mass is 19.1. The number of amides is 2. The van der Waals surface area contributed by atoms with Gasteiger partial charge in [0.2, 0.25) is 11.8 Å². The highest BCUT2D eigenvalue weighted by Gasteiger charge is 2.51. The Balaban J connectivity index is 1.37. The van der Waals surface area contributed by atoms with E-state index in [1.807, 2.05) is 23.1 Å². The molecule has 2 saturated carbocycles. The molecule has 5 rings (SSSR count). The minimum absolute atomic E-state index is 0.0628. The van der Waals surface area contributed by atoms with Crippen molar-refractivity contribution >= 4 is 23.2 Å². The molecule has 2 aromatic carbocycles. The van der Waals surface area contributed by atoms with Crippen LogP contribution in [0.1, 0.15) is 36.8 Å². The largest absolute Gasteiger partial charge is 0.325 e. The van der Waals surface area contributed by atoms with Crippen LogP contribution in [0.25, 0.3) is 0 Å². The molecule has 1 heterocycles. The Morgan fingerprint density at radius 1 is 1.07 bits per heavy atom. The fourth-order valence-corrected chi connectivity index (χ4v) is 4.03. The maximum absolute atomic E-state index is 13.2. The van der Waals surface area contributed by atoms with Crippen molar-refractivity contribution in [3.05, 3.63) is 59.4 Å². The minimum atomic E-state index is -0.559. The van der Waals surface area contributed by atoms with E-state index in [-0.39, 0.29) is 23.5 Å². The number of carbonyl (C=O) groups excluding carboxylic acids is 2. The Morgan fingerprint density at radius 2 is 1.81 bits per heavy atom. The van der Waals surface area contributed by atoms with Gasteiger partial charge in [-0.2, -0.15) is 0 Å². The van der Waals surface area contributed by atoms with Crippen LogP contribution in [-0.2, 0) is 21.4 Å². The highest BCUT2D eigenvalue weighted by molar-refractivity contribution is 6.03. The number of hydrogen-bond acceptors (Lipinski definition) is 2. The van der Waals surface area contributed by atoms with Gasteiger partial charge in [0.05, 0.1) is 5.41 Å². The van der Waals surface area contributed by atoms with Crippen molar-refractivity contribution in [2.75, 3.05) is 16.8 Å². The molecule has 0 aromatic heterocycles. The molecular weight excluding hydrogens is 343 g/mol. The van der Waals surface area contributed by atoms with Crippen LogP contribution in [0.2, 0.25) is 0 Å². The summed E-state index contributed by atoms with van der Waals surface area (Å²) in [6, 6.07) is 12.0. The number of nitrogens with one attached hydrogen (secondary N) is 1. The van der Waals surface area contributed by atoms with Gasteiger partial charge in [-0.3, -0.25) is 9.59 Å². The van der Waals surface area contributed by atoms with Gasteiger partial charge in [-0.25, -0.2) is 4.39 Å². The van der Waals surface area contributed by atoms with Gasteiger partial charge in [0.15, 0.2) is 0 Å². The molecule has 1 N–H and O–H groups in total. The summed E-state index contributed by atoms with van der Waals surface area (Å²) < 4.78 is 13.2. The van der Waals surface area contributed by atoms with Crippen LogP contribution in [0.15, 0.2) is 42.5 Å². The van der Waals surface area contributed by atoms with Crippen LogP contribution in [0.3, 0.4) is 0 Å². The maximum Gasteiger partial charge on any atom is 0.235 e. The Hall–Kier alpha value is -2.69. The summed E-state index contributed by atoms with van der Waals surface area (Å²) in [5.74, 6) is 0.0331. The highest BCUT2D eigenvalue weighted by Crippen LogP contribution is 2.49. The zero-order valence-electron chi connectivity index (χ0n) is 15.0. The zero-order valence-corrected chi connectivity index (χ0v) is 15.0. The first-order valence-electron chi connectivity index (χ1n) is 9.59. The van der Waals surface area contributed by atoms with Crippen LogP contribution < -0.4 is 10.2 Å². The van der Waals surface area contributed by atoms with Crippen molar-refractivity contribution in [3.8, 4) is 0 Å². The van der Waals surface area contributed by atoms with Crippen molar-refractivity contribution in [1.82, 2.24) is 0 Å². The molecule has 0 saturated heterocycles. The van der Waals surface area contributed by atoms with Gasteiger partial charge in [0.1, 0.15) is 5.82 Å². The van der Waals surface area contributed by atoms with Gasteiger partial charge >= 0.3 is 0 Å². The third-order valence-electron chi connectivity index (χ3n) is 6.01. The number of rotatable bonds is 4. The normalized spacial score (nSPS) is 19.5. The van der Waals surface area contributed by atoms with E-state index in [1.165, 1.54) is 12.1 Å². The average molecular weight is 364 g/mol. The molecule has 5 heteroatoms. The first-order chi connectivity index (χ1) is 13.1. The van der Waals surface area contributed by atoms with Gasteiger partial charge in [-0.1, -0.05) is 18.2 Å². The van der Waals surface area contributed by atoms with Gasteiger partial charge < -0.3 is 10.2 Å². The third-order valence-corrected chi connectivity index (χ3v) is 6.01. The molecule has 27 heavy (non-hydrogen) atoms. The first-order valence-corrected chi connectivity index (χ1v) is 9.59. The van der Waals surface area contributed by atoms with Crippen LogP contribution in [0, 0.1) is 11.7 Å². The lowest BCUT2D eigenvalue weighted by Gasteiger charge is -2.19. The Bertz CT molecular complexity index is 930. The SMILES string of the molecule is O=C(C1CC1)N1CCc2ccc(NC(=O)C3(c4ccc(F)cc4)CC3)cc21. The molecule has 4 nitrogen and oxygen atoms in total. The molecule has 2 aliphatic carbocycles. The lowest BCUT2D eigenvalue weighted by molar-refractivity contribution is -0.120. The summed E-state index contributed by atoms with van der Waals surface area (Å²) in [6.07, 6.45) is 4.37. The predicted octanol–water partition coefficient (Wildman–Crippen LogP) is 3.80. The molecule has 0 bridgehead atoms. The lowest BCUT2D eigenvalue weighted by Crippen LogP contribution is -2.30. The van der Waals surface area contributed by atoms with Crippen molar-refractivity contribution in [2.24, 2.45) is 5.92 Å². The second kappa shape index (κ2) is 5.91. The molecule has 2 fully saturated rings. The molecule has 0 unspecified atom stereocenters. The predicted molar refractivity (Wildman–Crippen MR) is 101 cm³/mol. The second-order valence-electron chi connectivity index (χ2n) is 7.90. The minimum Gasteiger partial charge on any atom is -0.325 e. The fraction of sp³-hybridized carbons (Fsp3) is 0.364. The first kappa shape index (κ1) is 16.5. The van der Waals surface area contributed by atoms with E-state index in [0.29, 0.717) is 5.69 Å². The molecule has 0 spiro atoms. The van der Waals surface area contributed by atoms with Gasteiger partial charge in [-0.05, 0) is 67.5 Å². The van der Waals surface area contributed by atoms with Crippen molar-refractivity contribution in [3.63, 3.8) is 0 Å². The van der Waals surface area contributed by atoms with Gasteiger partial charge in [0.25, 0.3) is 0 Å². The number of fused-ring (bicyclic) bond motifs is 1. The van der Waals surface area contributed by atoms with Crippen LogP contribution in [-0.4, -0.2) is 18.4 Å². The number of halogens is 1. The van der Waals surface area contributed by atoms with Crippen molar-refractivity contribution in [2.45, 2.75) is 37.5 Å². The van der Waals surface area contributed by atoms with Crippen LogP contribution >= 0.6 is 0 Å². The molecule has 0 radical (unpaired) electrons. The summed E-state index contributed by atoms with van der Waals surface area (Å²) in [7, 11) is 0. The van der Waals surface area contributed by atoms with E-state index in [0.717, 1.165) is 55.5 Å². The summed E-state index contributed by atoms with van der Waals surface area (Å²) in [5.41, 5.74) is 3.09. The van der Waals surface area contributed by atoms with E-state index >= 15 is 0 Å². The summed E-state index contributed by atoms with van der Waals surface area (Å²) in [5, 5.41) is 3.02. The number of carbonyl (C=O) groups is 2. The molecular formula is C22H21FN2O2. The molecule has 2 aromatic rings. The van der Waals surface area contributed by atoms with Gasteiger partial charge in [-0.15, -0.1) is 0 Å². The Kier molecular flexibility index (Phi) is 3.61. The Morgan fingerprint density at radius 3 is 2.48 bits per heavy atom. The summed E-state index contributed by atoms with van der Waals surface area (Å²) in [4.78, 5) is 27.3. The maximum atomic E-state index is 13.2. The van der Waals surface area contributed by atoms with E-state index < -0.39 is 5.41 Å². The fourth-order valence-electron chi connectivity index (χ4n) is 4.03. The number of anilines is 2. The van der Waals surface area contributed by atoms with Crippen LogP contribution in [0.4, 0.5) is 15.8 Å². The molecule has 2 amide bonds. The van der Waals surface area contributed by atoms with Gasteiger partial charge in [0, 0.05) is 23.8 Å². The third kappa shape index (κ3) is 2.82. The molecule has 3 aliphatic rings. The van der Waals surface area contributed by atoms with Crippen LogP contribution in [0.5, 0.6) is 0 Å². The van der Waals surface area contributed by atoms with E-state index in [9.17, 15) is 14.0 Å².